The largest absolute Gasteiger partial charge is 0.334 e. The summed E-state index contributed by atoms with van der Waals surface area (Å²) in [7, 11) is 0. The Bertz CT molecular complexity index is 1030. The van der Waals surface area contributed by atoms with Crippen molar-refractivity contribution in [3.05, 3.63) is 54.0 Å². The molecule has 0 spiro atoms. The molecular formula is C19H14N6O. The zero-order valence-electron chi connectivity index (χ0n) is 13.8. The fourth-order valence-corrected chi connectivity index (χ4v) is 3.11. The molecule has 0 amide bonds. The molecule has 7 heteroatoms. The second kappa shape index (κ2) is 6.66. The highest BCUT2D eigenvalue weighted by Crippen LogP contribution is 2.31. The molecule has 1 aromatic carbocycles. The van der Waals surface area contributed by atoms with Gasteiger partial charge in [-0.3, -0.25) is 9.88 Å². The maximum Gasteiger partial charge on any atom is 0.258 e. The van der Waals surface area contributed by atoms with Crippen molar-refractivity contribution in [1.29, 1.82) is 10.5 Å². The van der Waals surface area contributed by atoms with Crippen molar-refractivity contribution in [3.63, 3.8) is 0 Å². The lowest BCUT2D eigenvalue weighted by Gasteiger charge is -2.13. The van der Waals surface area contributed by atoms with Crippen molar-refractivity contribution >= 4 is 0 Å². The van der Waals surface area contributed by atoms with E-state index in [1.807, 2.05) is 18.2 Å². The van der Waals surface area contributed by atoms with E-state index >= 15 is 0 Å². The first-order chi connectivity index (χ1) is 12.8. The van der Waals surface area contributed by atoms with Gasteiger partial charge in [-0.2, -0.15) is 15.5 Å². The molecule has 0 unspecified atom stereocenters. The molecule has 0 N–H and O–H groups in total. The maximum absolute atomic E-state index is 9.19. The molecule has 1 fully saturated rings. The Morgan fingerprint density at radius 2 is 2.08 bits per heavy atom. The fraction of sp³-hybridized carbons (Fsp3) is 0.211. The quantitative estimate of drug-likeness (QED) is 0.673. The molecule has 0 radical (unpaired) electrons. The monoisotopic (exact) mass is 342 g/mol. The predicted octanol–water partition coefficient (Wildman–Crippen LogP) is 3.29. The maximum atomic E-state index is 9.19. The predicted molar refractivity (Wildman–Crippen MR) is 92.0 cm³/mol. The van der Waals surface area contributed by atoms with Gasteiger partial charge in [-0.1, -0.05) is 17.3 Å². The molecule has 1 saturated heterocycles. The van der Waals surface area contributed by atoms with Crippen molar-refractivity contribution in [2.75, 3.05) is 6.54 Å². The van der Waals surface area contributed by atoms with Crippen LogP contribution in [0.25, 0.3) is 22.7 Å². The second-order valence-electron chi connectivity index (χ2n) is 6.03. The number of benzene rings is 1. The number of aromatic nitrogens is 3. The first kappa shape index (κ1) is 15.8. The summed E-state index contributed by atoms with van der Waals surface area (Å²) in [5.74, 6) is 0.925. The Morgan fingerprint density at radius 1 is 1.15 bits per heavy atom. The van der Waals surface area contributed by atoms with Crippen LogP contribution in [0.5, 0.6) is 0 Å². The van der Waals surface area contributed by atoms with Gasteiger partial charge in [-0.25, -0.2) is 0 Å². The minimum Gasteiger partial charge on any atom is -0.334 e. The molecule has 126 valence electrons. The van der Waals surface area contributed by atoms with E-state index in [0.29, 0.717) is 17.3 Å². The van der Waals surface area contributed by atoms with Crippen LogP contribution in [0.2, 0.25) is 0 Å². The van der Waals surface area contributed by atoms with E-state index in [4.69, 9.17) is 9.78 Å². The van der Waals surface area contributed by atoms with E-state index in [1.165, 1.54) is 0 Å². The molecule has 0 saturated carbocycles. The zero-order chi connectivity index (χ0) is 17.9. The van der Waals surface area contributed by atoms with Crippen molar-refractivity contribution in [2.45, 2.75) is 18.9 Å². The first-order valence-electron chi connectivity index (χ1n) is 8.25. The summed E-state index contributed by atoms with van der Waals surface area (Å²) in [6.45, 7) is 0.722. The Hall–Kier alpha value is -3.71. The van der Waals surface area contributed by atoms with Crippen LogP contribution in [0.1, 0.15) is 30.3 Å². The molecule has 3 aromatic rings. The van der Waals surface area contributed by atoms with Crippen LogP contribution in [0.15, 0.2) is 47.1 Å². The molecule has 26 heavy (non-hydrogen) atoms. The second-order valence-corrected chi connectivity index (χ2v) is 6.03. The van der Waals surface area contributed by atoms with E-state index in [0.717, 1.165) is 36.2 Å². The van der Waals surface area contributed by atoms with Gasteiger partial charge in [0.2, 0.25) is 0 Å². The number of hydrogen-bond donors (Lipinski definition) is 0. The summed E-state index contributed by atoms with van der Waals surface area (Å²) in [4.78, 5) is 10.5. The number of rotatable bonds is 3. The van der Waals surface area contributed by atoms with Crippen LogP contribution in [-0.4, -0.2) is 26.6 Å². The number of pyridine rings is 1. The van der Waals surface area contributed by atoms with Crippen LogP contribution in [0.4, 0.5) is 0 Å². The lowest BCUT2D eigenvalue weighted by Crippen LogP contribution is -2.17. The highest BCUT2D eigenvalue weighted by Gasteiger charge is 2.29. The number of nitriles is 2. The molecule has 0 bridgehead atoms. The average molecular weight is 342 g/mol. The Morgan fingerprint density at radius 3 is 2.92 bits per heavy atom. The molecule has 1 aliphatic heterocycles. The van der Waals surface area contributed by atoms with E-state index in [9.17, 15) is 5.26 Å². The van der Waals surface area contributed by atoms with E-state index in [-0.39, 0.29) is 6.04 Å². The van der Waals surface area contributed by atoms with E-state index < -0.39 is 0 Å². The molecule has 0 aliphatic carbocycles. The zero-order valence-corrected chi connectivity index (χ0v) is 13.8. The van der Waals surface area contributed by atoms with Gasteiger partial charge in [0, 0.05) is 23.9 Å². The Kier molecular flexibility index (Phi) is 4.04. The van der Waals surface area contributed by atoms with Gasteiger partial charge in [-0.05, 0) is 37.1 Å². The highest BCUT2D eigenvalue weighted by atomic mass is 16.5. The summed E-state index contributed by atoms with van der Waals surface area (Å²) in [6.07, 6.45) is 5.63. The van der Waals surface area contributed by atoms with Crippen molar-refractivity contribution in [3.8, 4) is 35.0 Å². The molecule has 2 aromatic heterocycles. The Balaban J connectivity index is 1.65. The summed E-state index contributed by atoms with van der Waals surface area (Å²) in [5.41, 5.74) is 2.89. The van der Waals surface area contributed by atoms with Crippen LogP contribution in [-0.2, 0) is 0 Å². The van der Waals surface area contributed by atoms with Crippen LogP contribution >= 0.6 is 0 Å². The van der Waals surface area contributed by atoms with Gasteiger partial charge in [0.05, 0.1) is 17.3 Å². The van der Waals surface area contributed by atoms with Crippen molar-refractivity contribution < 1.29 is 4.52 Å². The third-order valence-corrected chi connectivity index (χ3v) is 4.42. The van der Waals surface area contributed by atoms with Gasteiger partial charge >= 0.3 is 0 Å². The smallest absolute Gasteiger partial charge is 0.258 e. The van der Waals surface area contributed by atoms with Gasteiger partial charge in [-0.15, -0.1) is 0 Å². The lowest BCUT2D eigenvalue weighted by atomic mass is 10.1. The SMILES string of the molecule is N#Cc1cccc(-c2cc(-c3nc([C@@H]4CCCN4C#N)no3)ccn2)c1. The molecular weight excluding hydrogens is 328 g/mol. The van der Waals surface area contributed by atoms with Gasteiger partial charge in [0.15, 0.2) is 12.0 Å². The third kappa shape index (κ3) is 2.87. The lowest BCUT2D eigenvalue weighted by molar-refractivity contribution is 0.339. The molecule has 7 nitrogen and oxygen atoms in total. The fourth-order valence-electron chi connectivity index (χ4n) is 3.11. The highest BCUT2D eigenvalue weighted by molar-refractivity contribution is 5.67. The number of hydrogen-bond acceptors (Lipinski definition) is 7. The molecule has 1 aliphatic rings. The summed E-state index contributed by atoms with van der Waals surface area (Å²) in [6, 6.07) is 12.9. The number of nitrogens with zero attached hydrogens (tertiary/aromatic N) is 6. The van der Waals surface area contributed by atoms with Crippen molar-refractivity contribution in [1.82, 2.24) is 20.0 Å². The molecule has 4 rings (SSSR count). The summed E-state index contributed by atoms with van der Waals surface area (Å²) in [5, 5.41) is 22.3. The minimum atomic E-state index is -0.119. The average Bonchev–Trinajstić information content (AvgIpc) is 3.37. The first-order valence-corrected chi connectivity index (χ1v) is 8.25. The van der Waals surface area contributed by atoms with Gasteiger partial charge < -0.3 is 4.52 Å². The standard InChI is InChI=1S/C19H14N6O/c20-11-13-3-1-4-14(9-13)16-10-15(6-7-22-16)19-23-18(24-26-19)17-5-2-8-25(17)12-21/h1,3-4,6-7,9-10,17H,2,5,8H2/t17-/m0/s1. The van der Waals surface area contributed by atoms with E-state index in [2.05, 4.69) is 27.4 Å². The third-order valence-electron chi connectivity index (χ3n) is 4.42. The van der Waals surface area contributed by atoms with Gasteiger partial charge in [0.1, 0.15) is 6.04 Å². The Labute approximate surface area is 150 Å². The number of likely N-dealkylation sites (tertiary alicyclic amines) is 1. The van der Waals surface area contributed by atoms with Gasteiger partial charge in [0.25, 0.3) is 5.89 Å². The summed E-state index contributed by atoms with van der Waals surface area (Å²) < 4.78 is 5.41. The normalized spacial score (nSPS) is 16.2. The minimum absolute atomic E-state index is 0.119. The van der Waals surface area contributed by atoms with E-state index in [1.54, 1.807) is 29.3 Å². The van der Waals surface area contributed by atoms with Crippen molar-refractivity contribution in [2.24, 2.45) is 0 Å². The molecule has 3 heterocycles. The topological polar surface area (TPSA) is 103 Å². The molecule has 1 atom stereocenters. The van der Waals surface area contributed by atoms with Crippen LogP contribution in [0.3, 0.4) is 0 Å². The van der Waals surface area contributed by atoms with Crippen LogP contribution in [0, 0.1) is 22.8 Å². The summed E-state index contributed by atoms with van der Waals surface area (Å²) >= 11 is 0. The van der Waals surface area contributed by atoms with Crippen LogP contribution < -0.4 is 0 Å².